The molecule has 1 amide bonds. The van der Waals surface area contributed by atoms with Crippen molar-refractivity contribution in [1.29, 1.82) is 0 Å². The molecule has 5 nitrogen and oxygen atoms in total. The number of hydrogen-bond donors (Lipinski definition) is 0. The Labute approximate surface area is 143 Å². The Morgan fingerprint density at radius 3 is 1.77 bits per heavy atom. The molecule has 0 atom stereocenters. The maximum Gasteiger partial charge on any atom is 0.410 e. The fraction of sp³-hybridized carbons (Fsp3) is 0.875. The molecule has 0 aromatic rings. The van der Waals surface area contributed by atoms with Gasteiger partial charge < -0.3 is 14.4 Å². The number of alkyl halides is 1. The topological polar surface area (TPSA) is 55.8 Å². The Kier molecular flexibility index (Phi) is 11.6. The van der Waals surface area contributed by atoms with Crippen LogP contribution in [0.15, 0.2) is 0 Å². The SMILES string of the molecule is CC.CC.COC(=O)C1(Br)CCN(C(=O)OC(C)(C)C)CC1. The van der Waals surface area contributed by atoms with Crippen LogP contribution >= 0.6 is 15.9 Å². The molecule has 0 N–H and O–H groups in total. The number of methoxy groups -OCH3 is 1. The van der Waals surface area contributed by atoms with E-state index in [1.54, 1.807) is 4.90 Å². The number of esters is 1. The van der Waals surface area contributed by atoms with E-state index in [0.29, 0.717) is 25.9 Å². The predicted octanol–water partition coefficient (Wildman–Crippen LogP) is 4.38. The zero-order chi connectivity index (χ0) is 18.0. The van der Waals surface area contributed by atoms with Gasteiger partial charge in [-0.2, -0.15) is 0 Å². The van der Waals surface area contributed by atoms with Gasteiger partial charge in [0.15, 0.2) is 0 Å². The summed E-state index contributed by atoms with van der Waals surface area (Å²) in [6.07, 6.45) is 0.722. The van der Waals surface area contributed by atoms with Crippen molar-refractivity contribution in [1.82, 2.24) is 4.90 Å². The molecule has 0 unspecified atom stereocenters. The van der Waals surface area contributed by atoms with Gasteiger partial charge in [-0.05, 0) is 33.6 Å². The molecule has 132 valence electrons. The number of halogens is 1. The van der Waals surface area contributed by atoms with Crippen molar-refractivity contribution < 1.29 is 19.1 Å². The molecular formula is C16H32BrNO4. The summed E-state index contributed by atoms with van der Waals surface area (Å²) in [6, 6.07) is 0. The maximum absolute atomic E-state index is 11.8. The largest absolute Gasteiger partial charge is 0.468 e. The van der Waals surface area contributed by atoms with Crippen LogP contribution in [0.5, 0.6) is 0 Å². The Morgan fingerprint density at radius 1 is 1.05 bits per heavy atom. The molecule has 0 aromatic carbocycles. The van der Waals surface area contributed by atoms with Crippen molar-refractivity contribution >= 4 is 28.0 Å². The summed E-state index contributed by atoms with van der Waals surface area (Å²) >= 11 is 3.41. The van der Waals surface area contributed by atoms with Crippen molar-refractivity contribution in [2.24, 2.45) is 0 Å². The first-order valence-corrected chi connectivity index (χ1v) is 8.72. The summed E-state index contributed by atoms with van der Waals surface area (Å²) in [7, 11) is 1.37. The van der Waals surface area contributed by atoms with Crippen LogP contribution in [0.3, 0.4) is 0 Å². The summed E-state index contributed by atoms with van der Waals surface area (Å²) in [5.41, 5.74) is -0.498. The summed E-state index contributed by atoms with van der Waals surface area (Å²) in [5, 5.41) is 0. The van der Waals surface area contributed by atoms with Crippen LogP contribution in [0.1, 0.15) is 61.3 Å². The first-order valence-electron chi connectivity index (χ1n) is 7.93. The van der Waals surface area contributed by atoms with Gasteiger partial charge in [0, 0.05) is 13.1 Å². The summed E-state index contributed by atoms with van der Waals surface area (Å²) in [5.74, 6) is -0.286. The molecule has 1 aliphatic heterocycles. The van der Waals surface area contributed by atoms with Crippen LogP contribution in [0.25, 0.3) is 0 Å². The molecule has 0 aliphatic carbocycles. The summed E-state index contributed by atoms with van der Waals surface area (Å²) in [4.78, 5) is 25.0. The highest BCUT2D eigenvalue weighted by Gasteiger charge is 2.41. The second-order valence-electron chi connectivity index (χ2n) is 5.42. The Hall–Kier alpha value is -0.780. The number of piperidine rings is 1. The van der Waals surface area contributed by atoms with Crippen LogP contribution in [0.4, 0.5) is 4.79 Å². The first-order chi connectivity index (χ1) is 10.2. The molecule has 1 heterocycles. The third-order valence-corrected chi connectivity index (χ3v) is 3.88. The van der Waals surface area contributed by atoms with Gasteiger partial charge in [0.2, 0.25) is 0 Å². The van der Waals surface area contributed by atoms with E-state index in [-0.39, 0.29) is 12.1 Å². The molecule has 6 heteroatoms. The van der Waals surface area contributed by atoms with Crippen molar-refractivity contribution in [3.05, 3.63) is 0 Å². The minimum Gasteiger partial charge on any atom is -0.468 e. The quantitative estimate of drug-likeness (QED) is 0.499. The average Bonchev–Trinajstić information content (AvgIpc) is 2.49. The molecule has 0 spiro atoms. The number of carbonyl (C=O) groups is 2. The maximum atomic E-state index is 11.8. The number of amides is 1. The van der Waals surface area contributed by atoms with E-state index in [1.165, 1.54) is 7.11 Å². The van der Waals surface area contributed by atoms with E-state index >= 15 is 0 Å². The van der Waals surface area contributed by atoms with E-state index in [2.05, 4.69) is 15.9 Å². The third kappa shape index (κ3) is 8.01. The van der Waals surface area contributed by atoms with Gasteiger partial charge in [-0.25, -0.2) is 4.79 Å². The lowest BCUT2D eigenvalue weighted by Gasteiger charge is -2.36. The van der Waals surface area contributed by atoms with Crippen LogP contribution < -0.4 is 0 Å². The smallest absolute Gasteiger partial charge is 0.410 e. The summed E-state index contributed by atoms with van der Waals surface area (Å²) < 4.78 is 9.37. The highest BCUT2D eigenvalue weighted by Crippen LogP contribution is 2.33. The normalized spacial score (nSPS) is 16.3. The molecule has 1 aliphatic rings. The molecule has 22 heavy (non-hydrogen) atoms. The van der Waals surface area contributed by atoms with Crippen molar-refractivity contribution in [2.45, 2.75) is 71.2 Å². The minimum atomic E-state index is -0.666. The van der Waals surface area contributed by atoms with Gasteiger partial charge >= 0.3 is 12.1 Å². The van der Waals surface area contributed by atoms with Crippen LogP contribution in [-0.2, 0) is 14.3 Å². The lowest BCUT2D eigenvalue weighted by atomic mass is 9.97. The standard InChI is InChI=1S/C12H20BrNO4.2C2H6/c1-11(2,3)18-10(16)14-7-5-12(13,6-8-14)9(15)17-4;2*1-2/h5-8H2,1-4H3;2*1-2H3. The highest BCUT2D eigenvalue weighted by molar-refractivity contribution is 9.10. The van der Waals surface area contributed by atoms with E-state index in [9.17, 15) is 9.59 Å². The molecule has 0 bridgehead atoms. The van der Waals surface area contributed by atoms with Gasteiger partial charge in [-0.3, -0.25) is 4.79 Å². The molecule has 0 saturated carbocycles. The van der Waals surface area contributed by atoms with Gasteiger partial charge in [0.05, 0.1) is 7.11 Å². The van der Waals surface area contributed by atoms with Crippen molar-refractivity contribution in [2.75, 3.05) is 20.2 Å². The number of hydrogen-bond acceptors (Lipinski definition) is 4. The van der Waals surface area contributed by atoms with Gasteiger partial charge in [-0.1, -0.05) is 43.6 Å². The minimum absolute atomic E-state index is 0.286. The lowest BCUT2D eigenvalue weighted by molar-refractivity contribution is -0.144. The van der Waals surface area contributed by atoms with Crippen LogP contribution in [-0.4, -0.2) is 47.1 Å². The number of rotatable bonds is 1. The van der Waals surface area contributed by atoms with E-state index in [0.717, 1.165) is 0 Å². The number of carbonyl (C=O) groups excluding carboxylic acids is 2. The van der Waals surface area contributed by atoms with Crippen LogP contribution in [0, 0.1) is 0 Å². The zero-order valence-electron chi connectivity index (χ0n) is 15.3. The second-order valence-corrected chi connectivity index (χ2v) is 6.94. The first kappa shape index (κ1) is 23.5. The van der Waals surface area contributed by atoms with E-state index in [4.69, 9.17) is 9.47 Å². The fourth-order valence-corrected chi connectivity index (χ4v) is 2.27. The Balaban J connectivity index is 0. The Bertz CT molecular complexity index is 332. The molecule has 1 fully saturated rings. The van der Waals surface area contributed by atoms with Crippen LogP contribution in [0.2, 0.25) is 0 Å². The van der Waals surface area contributed by atoms with Crippen molar-refractivity contribution in [3.63, 3.8) is 0 Å². The number of likely N-dealkylation sites (tertiary alicyclic amines) is 1. The average molecular weight is 382 g/mol. The monoisotopic (exact) mass is 381 g/mol. The van der Waals surface area contributed by atoms with Gasteiger partial charge in [0.25, 0.3) is 0 Å². The molecule has 1 saturated heterocycles. The fourth-order valence-electron chi connectivity index (χ4n) is 1.76. The zero-order valence-corrected chi connectivity index (χ0v) is 16.9. The van der Waals surface area contributed by atoms with Gasteiger partial charge in [-0.15, -0.1) is 0 Å². The third-order valence-electron chi connectivity index (χ3n) is 2.76. The summed E-state index contributed by atoms with van der Waals surface area (Å²) in [6.45, 7) is 14.5. The highest BCUT2D eigenvalue weighted by atomic mass is 79.9. The van der Waals surface area contributed by atoms with E-state index in [1.807, 2.05) is 48.5 Å². The van der Waals surface area contributed by atoms with E-state index < -0.39 is 9.93 Å². The molecule has 1 rings (SSSR count). The molecular weight excluding hydrogens is 350 g/mol. The lowest BCUT2D eigenvalue weighted by Crippen LogP contribution is -2.49. The number of nitrogens with zero attached hydrogens (tertiary/aromatic N) is 1. The second kappa shape index (κ2) is 10.9. The molecule has 0 radical (unpaired) electrons. The molecule has 0 aromatic heterocycles. The van der Waals surface area contributed by atoms with Gasteiger partial charge in [0.1, 0.15) is 9.93 Å². The predicted molar refractivity (Wildman–Crippen MR) is 93.4 cm³/mol. The number of ether oxygens (including phenoxy) is 2. The Morgan fingerprint density at radius 2 is 1.45 bits per heavy atom. The van der Waals surface area contributed by atoms with Crippen molar-refractivity contribution in [3.8, 4) is 0 Å².